The first-order chi connectivity index (χ1) is 11.2. The standard InChI is InChI=1S/C18H19N3OS/c1-13-7-8-17(14(2)9-13)21-12-19-20-18(21)23-11-15-5-4-6-16(10-15)22-3/h4-10,12H,11H2,1-3H3. The molecular weight excluding hydrogens is 306 g/mol. The molecule has 0 unspecified atom stereocenters. The van der Waals surface area contributed by atoms with Gasteiger partial charge in [-0.2, -0.15) is 0 Å². The summed E-state index contributed by atoms with van der Waals surface area (Å²) in [6, 6.07) is 14.5. The maximum Gasteiger partial charge on any atom is 0.195 e. The summed E-state index contributed by atoms with van der Waals surface area (Å²) < 4.78 is 7.31. The Morgan fingerprint density at radius 2 is 2.00 bits per heavy atom. The molecular formula is C18H19N3OS. The Labute approximate surface area is 140 Å². The molecule has 1 heterocycles. The molecule has 3 rings (SSSR count). The lowest BCUT2D eigenvalue weighted by atomic mass is 10.1. The van der Waals surface area contributed by atoms with E-state index in [2.05, 4.69) is 48.3 Å². The van der Waals surface area contributed by atoms with Gasteiger partial charge in [0, 0.05) is 5.75 Å². The van der Waals surface area contributed by atoms with Crippen molar-refractivity contribution in [1.29, 1.82) is 0 Å². The van der Waals surface area contributed by atoms with E-state index in [0.29, 0.717) is 0 Å². The molecule has 0 saturated heterocycles. The zero-order valence-electron chi connectivity index (χ0n) is 13.5. The maximum atomic E-state index is 5.27. The molecule has 0 aliphatic heterocycles. The summed E-state index contributed by atoms with van der Waals surface area (Å²) in [5.74, 6) is 1.69. The highest BCUT2D eigenvalue weighted by atomic mass is 32.2. The van der Waals surface area contributed by atoms with Crippen LogP contribution in [0, 0.1) is 13.8 Å². The van der Waals surface area contributed by atoms with Crippen molar-refractivity contribution < 1.29 is 4.74 Å². The van der Waals surface area contributed by atoms with Crippen LogP contribution in [0.4, 0.5) is 0 Å². The number of rotatable bonds is 5. The number of aromatic nitrogens is 3. The third-order valence-electron chi connectivity index (χ3n) is 3.63. The van der Waals surface area contributed by atoms with Crippen LogP contribution in [0.15, 0.2) is 53.9 Å². The van der Waals surface area contributed by atoms with E-state index < -0.39 is 0 Å². The van der Waals surface area contributed by atoms with Gasteiger partial charge < -0.3 is 4.74 Å². The van der Waals surface area contributed by atoms with Gasteiger partial charge in [-0.05, 0) is 43.2 Å². The van der Waals surface area contributed by atoms with E-state index in [1.165, 1.54) is 16.7 Å². The molecule has 23 heavy (non-hydrogen) atoms. The molecule has 0 amide bonds. The van der Waals surface area contributed by atoms with Crippen LogP contribution in [0.3, 0.4) is 0 Å². The number of methoxy groups -OCH3 is 1. The number of ether oxygens (including phenoxy) is 1. The Morgan fingerprint density at radius 1 is 1.13 bits per heavy atom. The first kappa shape index (κ1) is 15.6. The monoisotopic (exact) mass is 325 g/mol. The lowest BCUT2D eigenvalue weighted by Gasteiger charge is -2.10. The van der Waals surface area contributed by atoms with Crippen LogP contribution in [0.1, 0.15) is 16.7 Å². The summed E-state index contributed by atoms with van der Waals surface area (Å²) >= 11 is 1.67. The Balaban J connectivity index is 1.81. The van der Waals surface area contributed by atoms with E-state index in [0.717, 1.165) is 22.3 Å². The number of hydrogen-bond acceptors (Lipinski definition) is 4. The van der Waals surface area contributed by atoms with Crippen molar-refractivity contribution >= 4 is 11.8 Å². The van der Waals surface area contributed by atoms with Gasteiger partial charge in [0.15, 0.2) is 5.16 Å². The lowest BCUT2D eigenvalue weighted by Crippen LogP contribution is -1.98. The molecule has 0 radical (unpaired) electrons. The molecule has 0 N–H and O–H groups in total. The largest absolute Gasteiger partial charge is 0.497 e. The molecule has 4 nitrogen and oxygen atoms in total. The molecule has 2 aromatic carbocycles. The molecule has 118 valence electrons. The summed E-state index contributed by atoms with van der Waals surface area (Å²) in [4.78, 5) is 0. The quantitative estimate of drug-likeness (QED) is 0.660. The van der Waals surface area contributed by atoms with E-state index in [1.54, 1.807) is 25.2 Å². The normalized spacial score (nSPS) is 10.7. The van der Waals surface area contributed by atoms with Crippen LogP contribution in [0.2, 0.25) is 0 Å². The number of thioether (sulfide) groups is 1. The average Bonchev–Trinajstić information content (AvgIpc) is 3.01. The SMILES string of the molecule is COc1cccc(CSc2nncn2-c2ccc(C)cc2C)c1. The van der Waals surface area contributed by atoms with Crippen molar-refractivity contribution in [1.82, 2.24) is 14.8 Å². The smallest absolute Gasteiger partial charge is 0.195 e. The third-order valence-corrected chi connectivity index (χ3v) is 4.64. The summed E-state index contributed by atoms with van der Waals surface area (Å²) in [6.07, 6.45) is 1.77. The van der Waals surface area contributed by atoms with E-state index in [4.69, 9.17) is 4.74 Å². The lowest BCUT2D eigenvalue weighted by molar-refractivity contribution is 0.414. The van der Waals surface area contributed by atoms with Gasteiger partial charge in [0.1, 0.15) is 12.1 Å². The second-order valence-electron chi connectivity index (χ2n) is 5.41. The second kappa shape index (κ2) is 6.87. The summed E-state index contributed by atoms with van der Waals surface area (Å²) in [7, 11) is 1.68. The van der Waals surface area contributed by atoms with Crippen LogP contribution in [0.25, 0.3) is 5.69 Å². The van der Waals surface area contributed by atoms with Crippen molar-refractivity contribution in [3.63, 3.8) is 0 Å². The number of benzene rings is 2. The van der Waals surface area contributed by atoms with E-state index in [-0.39, 0.29) is 0 Å². The zero-order chi connectivity index (χ0) is 16.2. The molecule has 1 aromatic heterocycles. The highest BCUT2D eigenvalue weighted by Crippen LogP contribution is 2.26. The van der Waals surface area contributed by atoms with Gasteiger partial charge >= 0.3 is 0 Å². The van der Waals surface area contributed by atoms with Gasteiger partial charge in [0.05, 0.1) is 12.8 Å². The minimum atomic E-state index is 0.820. The van der Waals surface area contributed by atoms with Crippen molar-refractivity contribution in [2.75, 3.05) is 7.11 Å². The van der Waals surface area contributed by atoms with Gasteiger partial charge in [-0.25, -0.2) is 0 Å². The molecule has 0 aliphatic carbocycles. The predicted molar refractivity (Wildman–Crippen MR) is 93.4 cm³/mol. The highest BCUT2D eigenvalue weighted by Gasteiger charge is 2.10. The summed E-state index contributed by atoms with van der Waals surface area (Å²) in [6.45, 7) is 4.21. The van der Waals surface area contributed by atoms with Crippen LogP contribution >= 0.6 is 11.8 Å². The number of aryl methyl sites for hydroxylation is 2. The third kappa shape index (κ3) is 3.56. The average molecular weight is 325 g/mol. The predicted octanol–water partition coefficient (Wildman–Crippen LogP) is 4.19. The fourth-order valence-corrected chi connectivity index (χ4v) is 3.34. The Hall–Kier alpha value is -2.27. The van der Waals surface area contributed by atoms with E-state index >= 15 is 0 Å². The van der Waals surface area contributed by atoms with Crippen LogP contribution < -0.4 is 4.74 Å². The van der Waals surface area contributed by atoms with Crippen molar-refractivity contribution in [3.8, 4) is 11.4 Å². The fraction of sp³-hybridized carbons (Fsp3) is 0.222. The Kier molecular flexibility index (Phi) is 4.67. The first-order valence-corrected chi connectivity index (χ1v) is 8.39. The molecule has 0 bridgehead atoms. The van der Waals surface area contributed by atoms with Crippen LogP contribution in [0.5, 0.6) is 5.75 Å². The van der Waals surface area contributed by atoms with Gasteiger partial charge in [0.25, 0.3) is 0 Å². The van der Waals surface area contributed by atoms with Gasteiger partial charge in [-0.3, -0.25) is 4.57 Å². The first-order valence-electron chi connectivity index (χ1n) is 7.41. The molecule has 5 heteroatoms. The van der Waals surface area contributed by atoms with Gasteiger partial charge in [0.2, 0.25) is 0 Å². The number of hydrogen-bond donors (Lipinski definition) is 0. The zero-order valence-corrected chi connectivity index (χ0v) is 14.3. The Morgan fingerprint density at radius 3 is 2.78 bits per heavy atom. The van der Waals surface area contributed by atoms with E-state index in [9.17, 15) is 0 Å². The molecule has 0 saturated carbocycles. The van der Waals surface area contributed by atoms with Crippen LogP contribution in [-0.2, 0) is 5.75 Å². The molecule has 0 atom stereocenters. The summed E-state index contributed by atoms with van der Waals surface area (Å²) in [5, 5.41) is 9.22. The molecule has 0 aliphatic rings. The van der Waals surface area contributed by atoms with Crippen LogP contribution in [-0.4, -0.2) is 21.9 Å². The molecule has 0 spiro atoms. The minimum absolute atomic E-state index is 0.820. The Bertz CT molecular complexity index is 814. The van der Waals surface area contributed by atoms with Gasteiger partial charge in [-0.15, -0.1) is 10.2 Å². The highest BCUT2D eigenvalue weighted by molar-refractivity contribution is 7.98. The minimum Gasteiger partial charge on any atom is -0.497 e. The fourth-order valence-electron chi connectivity index (χ4n) is 2.47. The summed E-state index contributed by atoms with van der Waals surface area (Å²) in [5.41, 5.74) is 4.79. The second-order valence-corrected chi connectivity index (χ2v) is 6.36. The molecule has 3 aromatic rings. The van der Waals surface area contributed by atoms with E-state index in [1.807, 2.05) is 22.8 Å². The van der Waals surface area contributed by atoms with Crippen molar-refractivity contribution in [2.45, 2.75) is 24.8 Å². The number of nitrogens with zero attached hydrogens (tertiary/aromatic N) is 3. The van der Waals surface area contributed by atoms with Gasteiger partial charge in [-0.1, -0.05) is 41.6 Å². The van der Waals surface area contributed by atoms with Crippen molar-refractivity contribution in [3.05, 3.63) is 65.5 Å². The topological polar surface area (TPSA) is 39.9 Å². The maximum absolute atomic E-state index is 5.27. The van der Waals surface area contributed by atoms with Crippen molar-refractivity contribution in [2.24, 2.45) is 0 Å². The molecule has 0 fully saturated rings.